The number of para-hydroxylation sites is 1. The van der Waals surface area contributed by atoms with Crippen LogP contribution in [0.2, 0.25) is 0 Å². The van der Waals surface area contributed by atoms with Gasteiger partial charge in [0.1, 0.15) is 6.04 Å². The topological polar surface area (TPSA) is 126 Å². The molecule has 0 aliphatic carbocycles. The number of nitrogens with zero attached hydrogens (tertiary/aromatic N) is 1. The maximum atomic E-state index is 12.9. The van der Waals surface area contributed by atoms with Gasteiger partial charge in [0.25, 0.3) is 5.91 Å². The highest BCUT2D eigenvalue weighted by molar-refractivity contribution is 5.98. The summed E-state index contributed by atoms with van der Waals surface area (Å²) in [5.74, 6) is -1.51. The number of amides is 1. The number of pyridine rings is 1. The van der Waals surface area contributed by atoms with Gasteiger partial charge >= 0.3 is 5.97 Å². The molecule has 0 spiro atoms. The predicted molar refractivity (Wildman–Crippen MR) is 119 cm³/mol. The molecule has 0 fully saturated rings. The summed E-state index contributed by atoms with van der Waals surface area (Å²) in [5, 5.41) is 22.6. The predicted octanol–water partition coefficient (Wildman–Crippen LogP) is 2.55. The SMILES string of the molecule is Cc1cc(CO)c2cccc(Cc3ccccc3C(=O)N[C@@H](CCCN)C(=O)O)c2n1. The third kappa shape index (κ3) is 5.25. The quantitative estimate of drug-likeness (QED) is 0.421. The van der Waals surface area contributed by atoms with Crippen LogP contribution in [0.5, 0.6) is 0 Å². The van der Waals surface area contributed by atoms with Crippen molar-refractivity contribution >= 4 is 22.8 Å². The summed E-state index contributed by atoms with van der Waals surface area (Å²) < 4.78 is 0. The van der Waals surface area contributed by atoms with Crippen molar-refractivity contribution < 1.29 is 19.8 Å². The smallest absolute Gasteiger partial charge is 0.326 e. The van der Waals surface area contributed by atoms with Crippen molar-refractivity contribution in [3.05, 3.63) is 76.5 Å². The third-order valence-corrected chi connectivity index (χ3v) is 5.25. The van der Waals surface area contributed by atoms with Crippen molar-refractivity contribution in [1.29, 1.82) is 0 Å². The van der Waals surface area contributed by atoms with E-state index in [9.17, 15) is 19.8 Å². The minimum absolute atomic E-state index is 0.0817. The highest BCUT2D eigenvalue weighted by Gasteiger charge is 2.21. The molecule has 2 aromatic carbocycles. The van der Waals surface area contributed by atoms with Crippen LogP contribution < -0.4 is 11.1 Å². The van der Waals surface area contributed by atoms with Gasteiger partial charge in [-0.25, -0.2) is 4.79 Å². The molecular weight excluding hydrogens is 394 g/mol. The highest BCUT2D eigenvalue weighted by atomic mass is 16.4. The van der Waals surface area contributed by atoms with Gasteiger partial charge in [0.05, 0.1) is 12.1 Å². The zero-order chi connectivity index (χ0) is 22.4. The van der Waals surface area contributed by atoms with Crippen molar-refractivity contribution in [1.82, 2.24) is 10.3 Å². The molecule has 0 saturated carbocycles. The number of nitrogens with two attached hydrogens (primary N) is 1. The Bertz CT molecular complexity index is 1100. The van der Waals surface area contributed by atoms with Crippen LogP contribution in [0.15, 0.2) is 48.5 Å². The lowest BCUT2D eigenvalue weighted by Crippen LogP contribution is -2.41. The van der Waals surface area contributed by atoms with Gasteiger partial charge in [0.15, 0.2) is 0 Å². The van der Waals surface area contributed by atoms with Crippen LogP contribution in [0.4, 0.5) is 0 Å². The molecule has 0 radical (unpaired) electrons. The maximum Gasteiger partial charge on any atom is 0.326 e. The average Bonchev–Trinajstić information content (AvgIpc) is 2.76. The number of hydrogen-bond acceptors (Lipinski definition) is 5. The van der Waals surface area contributed by atoms with Crippen LogP contribution in [0, 0.1) is 6.92 Å². The van der Waals surface area contributed by atoms with Crippen LogP contribution in [0.3, 0.4) is 0 Å². The van der Waals surface area contributed by atoms with Gasteiger partial charge in [-0.05, 0) is 55.1 Å². The van der Waals surface area contributed by atoms with E-state index in [1.165, 1.54) is 0 Å². The van der Waals surface area contributed by atoms with E-state index in [2.05, 4.69) is 10.3 Å². The lowest BCUT2D eigenvalue weighted by molar-refractivity contribution is -0.139. The fourth-order valence-electron chi connectivity index (χ4n) is 3.71. The zero-order valence-electron chi connectivity index (χ0n) is 17.5. The number of aliphatic hydroxyl groups is 1. The Kier molecular flexibility index (Phi) is 7.33. The average molecular weight is 421 g/mol. The van der Waals surface area contributed by atoms with E-state index >= 15 is 0 Å². The van der Waals surface area contributed by atoms with Crippen LogP contribution in [-0.2, 0) is 17.8 Å². The van der Waals surface area contributed by atoms with Gasteiger partial charge < -0.3 is 21.3 Å². The number of carboxylic acid groups (broad SMARTS) is 1. The summed E-state index contributed by atoms with van der Waals surface area (Å²) in [6.07, 6.45) is 1.23. The number of carbonyl (C=O) groups is 2. The Balaban J connectivity index is 1.94. The summed E-state index contributed by atoms with van der Waals surface area (Å²) >= 11 is 0. The number of carbonyl (C=O) groups excluding carboxylic acids is 1. The van der Waals surface area contributed by atoms with Crippen LogP contribution in [0.1, 0.15) is 45.6 Å². The standard InChI is InChI=1S/C24H27N3O4/c1-15-12-18(14-28)19-9-4-7-17(22(19)26-15)13-16-6-2-3-8-20(16)23(29)27-21(24(30)31)10-5-11-25/h2-4,6-9,12,21,28H,5,10-11,13-14,25H2,1H3,(H,27,29)(H,30,31)/t21-/m0/s1. The number of rotatable bonds is 9. The first-order chi connectivity index (χ1) is 14.9. The molecule has 7 heteroatoms. The molecule has 5 N–H and O–H groups in total. The summed E-state index contributed by atoms with van der Waals surface area (Å²) in [7, 11) is 0. The molecule has 0 aliphatic heterocycles. The molecule has 162 valence electrons. The second kappa shape index (κ2) is 10.1. The van der Waals surface area contributed by atoms with E-state index in [1.807, 2.05) is 43.3 Å². The molecule has 1 aromatic heterocycles. The molecular formula is C24H27N3O4. The summed E-state index contributed by atoms with van der Waals surface area (Å²) in [5.41, 5.74) is 9.99. The molecule has 0 bridgehead atoms. The zero-order valence-corrected chi connectivity index (χ0v) is 17.5. The minimum Gasteiger partial charge on any atom is -0.480 e. The summed E-state index contributed by atoms with van der Waals surface area (Å²) in [4.78, 5) is 29.1. The van der Waals surface area contributed by atoms with Crippen LogP contribution in [0.25, 0.3) is 10.9 Å². The van der Waals surface area contributed by atoms with Crippen molar-refractivity contribution in [2.75, 3.05) is 6.54 Å². The molecule has 3 aromatic rings. The van der Waals surface area contributed by atoms with Crippen molar-refractivity contribution in [2.24, 2.45) is 5.73 Å². The Labute approximate surface area is 180 Å². The Morgan fingerprint density at radius 2 is 1.84 bits per heavy atom. The lowest BCUT2D eigenvalue weighted by atomic mass is 9.96. The van der Waals surface area contributed by atoms with Crippen molar-refractivity contribution in [2.45, 2.75) is 38.8 Å². The van der Waals surface area contributed by atoms with Crippen LogP contribution >= 0.6 is 0 Å². The highest BCUT2D eigenvalue weighted by Crippen LogP contribution is 2.25. The van der Waals surface area contributed by atoms with Gasteiger partial charge in [-0.15, -0.1) is 0 Å². The molecule has 1 atom stereocenters. The number of aliphatic carboxylic acids is 1. The number of aromatic nitrogens is 1. The molecule has 31 heavy (non-hydrogen) atoms. The number of benzene rings is 2. The number of nitrogens with one attached hydrogen (secondary N) is 1. The van der Waals surface area contributed by atoms with Gasteiger partial charge in [-0.1, -0.05) is 36.4 Å². The van der Waals surface area contributed by atoms with Gasteiger partial charge in [0, 0.05) is 23.1 Å². The van der Waals surface area contributed by atoms with E-state index < -0.39 is 17.9 Å². The van der Waals surface area contributed by atoms with E-state index in [0.717, 1.165) is 33.3 Å². The second-order valence-electron chi connectivity index (χ2n) is 7.52. The van der Waals surface area contributed by atoms with Crippen molar-refractivity contribution in [3.8, 4) is 0 Å². The number of carboxylic acids is 1. The number of aliphatic hydroxyl groups excluding tert-OH is 1. The monoisotopic (exact) mass is 421 g/mol. The van der Waals surface area contributed by atoms with Crippen LogP contribution in [-0.4, -0.2) is 39.7 Å². The molecule has 0 saturated heterocycles. The molecule has 0 unspecified atom stereocenters. The molecule has 3 rings (SSSR count). The van der Waals surface area contributed by atoms with E-state index in [0.29, 0.717) is 24.9 Å². The maximum absolute atomic E-state index is 12.9. The van der Waals surface area contributed by atoms with E-state index in [4.69, 9.17) is 5.73 Å². The first-order valence-corrected chi connectivity index (χ1v) is 10.2. The molecule has 1 amide bonds. The molecule has 7 nitrogen and oxygen atoms in total. The summed E-state index contributed by atoms with van der Waals surface area (Å²) in [6, 6.07) is 13.8. The van der Waals surface area contributed by atoms with E-state index in [1.54, 1.807) is 12.1 Å². The third-order valence-electron chi connectivity index (χ3n) is 5.25. The molecule has 0 aliphatic rings. The van der Waals surface area contributed by atoms with Gasteiger partial charge in [-0.3, -0.25) is 9.78 Å². The lowest BCUT2D eigenvalue weighted by Gasteiger charge is -2.16. The van der Waals surface area contributed by atoms with Crippen molar-refractivity contribution in [3.63, 3.8) is 0 Å². The normalized spacial score (nSPS) is 12.0. The second-order valence-corrected chi connectivity index (χ2v) is 7.52. The Morgan fingerprint density at radius 1 is 1.10 bits per heavy atom. The van der Waals surface area contributed by atoms with Gasteiger partial charge in [0.2, 0.25) is 0 Å². The fourth-order valence-corrected chi connectivity index (χ4v) is 3.71. The van der Waals surface area contributed by atoms with Gasteiger partial charge in [-0.2, -0.15) is 0 Å². The summed E-state index contributed by atoms with van der Waals surface area (Å²) in [6.45, 7) is 2.16. The number of hydrogen-bond donors (Lipinski definition) is 4. The Morgan fingerprint density at radius 3 is 2.55 bits per heavy atom. The number of aryl methyl sites for hydroxylation is 1. The molecule has 1 heterocycles. The first kappa shape index (κ1) is 22.4. The minimum atomic E-state index is -1.08. The van der Waals surface area contributed by atoms with E-state index in [-0.39, 0.29) is 13.0 Å². The number of fused-ring (bicyclic) bond motifs is 1. The Hall–Kier alpha value is -3.29. The largest absolute Gasteiger partial charge is 0.480 e. The first-order valence-electron chi connectivity index (χ1n) is 10.2. The fraction of sp³-hybridized carbons (Fsp3) is 0.292.